The van der Waals surface area contributed by atoms with Gasteiger partial charge in [0.25, 0.3) is 0 Å². The molecule has 4 nitrogen and oxygen atoms in total. The summed E-state index contributed by atoms with van der Waals surface area (Å²) < 4.78 is 0. The summed E-state index contributed by atoms with van der Waals surface area (Å²) in [5.74, 6) is 1.14. The molecule has 1 N–H and O–H groups in total. The molecule has 1 aliphatic carbocycles. The summed E-state index contributed by atoms with van der Waals surface area (Å²) in [5, 5.41) is 4.49. The molecule has 2 saturated heterocycles. The molecule has 3 aliphatic rings. The minimum Gasteiger partial charge on any atom is -0.353 e. The number of carbonyl (C=O) groups excluding carboxylic acids is 1. The zero-order chi connectivity index (χ0) is 18.8. The van der Waals surface area contributed by atoms with Crippen molar-refractivity contribution >= 4 is 29.1 Å². The first-order valence-electron chi connectivity index (χ1n) is 10.3. The Morgan fingerprint density at radius 1 is 1.00 bits per heavy atom. The van der Waals surface area contributed by atoms with E-state index in [1.165, 1.54) is 31.2 Å². The van der Waals surface area contributed by atoms with Crippen LogP contribution in [0.2, 0.25) is 10.0 Å². The van der Waals surface area contributed by atoms with Crippen molar-refractivity contribution < 1.29 is 4.79 Å². The molecule has 3 fully saturated rings. The predicted molar refractivity (Wildman–Crippen MR) is 110 cm³/mol. The van der Waals surface area contributed by atoms with E-state index in [0.717, 1.165) is 45.7 Å². The van der Waals surface area contributed by atoms with E-state index in [1.807, 2.05) is 12.1 Å². The van der Waals surface area contributed by atoms with E-state index in [2.05, 4.69) is 21.2 Å². The second-order valence-electron chi connectivity index (χ2n) is 8.32. The lowest BCUT2D eigenvalue weighted by Crippen LogP contribution is -2.46. The molecule has 148 valence electrons. The predicted octanol–water partition coefficient (Wildman–Crippen LogP) is 3.81. The third kappa shape index (κ3) is 4.61. The van der Waals surface area contributed by atoms with E-state index in [1.54, 1.807) is 0 Å². The van der Waals surface area contributed by atoms with E-state index >= 15 is 0 Å². The van der Waals surface area contributed by atoms with E-state index in [0.29, 0.717) is 27.9 Å². The van der Waals surface area contributed by atoms with Crippen molar-refractivity contribution in [1.82, 2.24) is 15.1 Å². The lowest BCUT2D eigenvalue weighted by molar-refractivity contribution is -0.123. The highest BCUT2D eigenvalue weighted by atomic mass is 35.5. The number of nitrogens with one attached hydrogen (secondary N) is 1. The highest BCUT2D eigenvalue weighted by molar-refractivity contribution is 6.42. The number of benzene rings is 1. The highest BCUT2D eigenvalue weighted by Crippen LogP contribution is 2.37. The Morgan fingerprint density at radius 3 is 2.52 bits per heavy atom. The average Bonchev–Trinajstić information content (AvgIpc) is 2.99. The quantitative estimate of drug-likeness (QED) is 0.802. The van der Waals surface area contributed by atoms with Gasteiger partial charge in [-0.2, -0.15) is 0 Å². The number of piperazine rings is 1. The maximum absolute atomic E-state index is 12.4. The molecule has 0 aromatic heterocycles. The standard InChI is InChI=1S/C21H29Cl2N3O/c22-18-6-5-15(13-19(18)23)14-26-11-9-25(10-12-26)8-7-17-16-3-1-2-4-20(16)24-21(17)27/h5-6,13,16-17,20H,1-4,7-12,14H2,(H,24,27)/t16-,17?,20+/m0/s1. The van der Waals surface area contributed by atoms with Gasteiger partial charge in [-0.05, 0) is 49.4 Å². The van der Waals surface area contributed by atoms with Crippen molar-refractivity contribution in [1.29, 1.82) is 0 Å². The Labute approximate surface area is 172 Å². The van der Waals surface area contributed by atoms with Crippen LogP contribution in [0.5, 0.6) is 0 Å². The van der Waals surface area contributed by atoms with Crippen molar-refractivity contribution in [2.24, 2.45) is 11.8 Å². The Hall–Kier alpha value is -0.810. The summed E-state index contributed by atoms with van der Waals surface area (Å²) in [6, 6.07) is 6.36. The van der Waals surface area contributed by atoms with Crippen LogP contribution in [0.1, 0.15) is 37.7 Å². The molecule has 0 spiro atoms. The minimum absolute atomic E-state index is 0.240. The largest absolute Gasteiger partial charge is 0.353 e. The monoisotopic (exact) mass is 409 g/mol. The summed E-state index contributed by atoms with van der Waals surface area (Å²) >= 11 is 12.1. The second-order valence-corrected chi connectivity index (χ2v) is 9.14. The summed E-state index contributed by atoms with van der Waals surface area (Å²) in [6.45, 7) is 6.22. The number of carbonyl (C=O) groups is 1. The topological polar surface area (TPSA) is 35.6 Å². The molecule has 1 amide bonds. The first kappa shape index (κ1) is 19.5. The molecule has 1 aromatic rings. The number of rotatable bonds is 5. The van der Waals surface area contributed by atoms with Crippen LogP contribution in [0.25, 0.3) is 0 Å². The highest BCUT2D eigenvalue weighted by Gasteiger charge is 2.42. The molecular weight excluding hydrogens is 381 g/mol. The first-order chi connectivity index (χ1) is 13.1. The van der Waals surface area contributed by atoms with Crippen LogP contribution < -0.4 is 5.32 Å². The second kappa shape index (κ2) is 8.69. The number of hydrogen-bond donors (Lipinski definition) is 1. The SMILES string of the molecule is O=C1N[C@@H]2CCCC[C@H]2C1CCN1CCN(Cc2ccc(Cl)c(Cl)c2)CC1. The minimum atomic E-state index is 0.240. The molecule has 0 radical (unpaired) electrons. The zero-order valence-corrected chi connectivity index (χ0v) is 17.3. The lowest BCUT2D eigenvalue weighted by atomic mass is 9.78. The van der Waals surface area contributed by atoms with Crippen LogP contribution >= 0.6 is 23.2 Å². The molecule has 2 aliphatic heterocycles. The van der Waals surface area contributed by atoms with Gasteiger partial charge in [-0.15, -0.1) is 0 Å². The van der Waals surface area contributed by atoms with Crippen molar-refractivity contribution in [3.8, 4) is 0 Å². The third-order valence-corrected chi connectivity index (χ3v) is 7.35. The fourth-order valence-electron chi connectivity index (χ4n) is 5.04. The Bertz CT molecular complexity index is 675. The number of amides is 1. The smallest absolute Gasteiger partial charge is 0.223 e. The van der Waals surface area contributed by atoms with Crippen molar-refractivity contribution in [2.45, 2.75) is 44.7 Å². The molecule has 6 heteroatoms. The van der Waals surface area contributed by atoms with Gasteiger partial charge in [-0.3, -0.25) is 9.69 Å². The van der Waals surface area contributed by atoms with Gasteiger partial charge in [0.15, 0.2) is 0 Å². The Kier molecular flexibility index (Phi) is 6.28. The lowest BCUT2D eigenvalue weighted by Gasteiger charge is -2.35. The summed E-state index contributed by atoms with van der Waals surface area (Å²) in [5.41, 5.74) is 1.21. The maximum atomic E-state index is 12.4. The van der Waals surface area contributed by atoms with Gasteiger partial charge in [-0.25, -0.2) is 0 Å². The van der Waals surface area contributed by atoms with Crippen LogP contribution in [-0.2, 0) is 11.3 Å². The van der Waals surface area contributed by atoms with Gasteiger partial charge < -0.3 is 10.2 Å². The van der Waals surface area contributed by atoms with E-state index in [9.17, 15) is 4.79 Å². The maximum Gasteiger partial charge on any atom is 0.223 e. The average molecular weight is 410 g/mol. The molecule has 3 atom stereocenters. The molecular formula is C21H29Cl2N3O. The number of halogens is 2. The van der Waals surface area contributed by atoms with Crippen molar-refractivity contribution in [2.75, 3.05) is 32.7 Å². The van der Waals surface area contributed by atoms with Gasteiger partial charge in [0.05, 0.1) is 10.0 Å². The Morgan fingerprint density at radius 2 is 1.74 bits per heavy atom. The van der Waals surface area contributed by atoms with Gasteiger partial charge in [0.1, 0.15) is 0 Å². The summed E-state index contributed by atoms with van der Waals surface area (Å²) in [7, 11) is 0. The van der Waals surface area contributed by atoms with Gasteiger partial charge in [-0.1, -0.05) is 42.1 Å². The summed E-state index contributed by atoms with van der Waals surface area (Å²) in [4.78, 5) is 17.4. The van der Waals surface area contributed by atoms with E-state index in [4.69, 9.17) is 23.2 Å². The van der Waals surface area contributed by atoms with Gasteiger partial charge >= 0.3 is 0 Å². The first-order valence-corrected chi connectivity index (χ1v) is 11.0. The van der Waals surface area contributed by atoms with Crippen LogP contribution in [0.15, 0.2) is 18.2 Å². The molecule has 1 saturated carbocycles. The number of nitrogens with zero attached hydrogens (tertiary/aromatic N) is 2. The normalized spacial score (nSPS) is 29.6. The molecule has 0 bridgehead atoms. The number of fused-ring (bicyclic) bond motifs is 1. The van der Waals surface area contributed by atoms with Crippen LogP contribution in [0.4, 0.5) is 0 Å². The zero-order valence-electron chi connectivity index (χ0n) is 15.8. The Balaban J connectivity index is 1.22. The van der Waals surface area contributed by atoms with Crippen LogP contribution in [-0.4, -0.2) is 54.5 Å². The fraction of sp³-hybridized carbons (Fsp3) is 0.667. The van der Waals surface area contributed by atoms with E-state index in [-0.39, 0.29) is 5.92 Å². The molecule has 27 heavy (non-hydrogen) atoms. The number of hydrogen-bond acceptors (Lipinski definition) is 3. The van der Waals surface area contributed by atoms with Crippen molar-refractivity contribution in [3.63, 3.8) is 0 Å². The molecule has 1 unspecified atom stereocenters. The van der Waals surface area contributed by atoms with Crippen LogP contribution in [0, 0.1) is 11.8 Å². The van der Waals surface area contributed by atoms with E-state index < -0.39 is 0 Å². The summed E-state index contributed by atoms with van der Waals surface area (Å²) in [6.07, 6.45) is 5.99. The van der Waals surface area contributed by atoms with Crippen LogP contribution in [0.3, 0.4) is 0 Å². The van der Waals surface area contributed by atoms with Gasteiger partial charge in [0.2, 0.25) is 5.91 Å². The molecule has 2 heterocycles. The van der Waals surface area contributed by atoms with Crippen molar-refractivity contribution in [3.05, 3.63) is 33.8 Å². The molecule has 4 rings (SSSR count). The molecule has 1 aromatic carbocycles. The fourth-order valence-corrected chi connectivity index (χ4v) is 5.36. The van der Waals surface area contributed by atoms with Gasteiger partial charge in [0, 0.05) is 44.7 Å². The third-order valence-electron chi connectivity index (χ3n) is 6.61.